The van der Waals surface area contributed by atoms with Crippen LogP contribution < -0.4 is 5.32 Å². The fraction of sp³-hybridized carbons (Fsp3) is 0.647. The van der Waals surface area contributed by atoms with Crippen LogP contribution in [0.5, 0.6) is 0 Å². The lowest BCUT2D eigenvalue weighted by atomic mass is 9.90. The summed E-state index contributed by atoms with van der Waals surface area (Å²) in [6.45, 7) is 8.31. The summed E-state index contributed by atoms with van der Waals surface area (Å²) in [4.78, 5) is 25.8. The molecule has 0 aliphatic carbocycles. The standard InChI is InChI=1S/C17H25NO3S2/c1-11-15(13(19)9-21-11)18-16(20)14(8-17(2,3)4)23-10-12-6-5-7-22-12/h5-7,11,14-15H,8-10H2,1-4H3,(H,18,20). The van der Waals surface area contributed by atoms with Crippen molar-refractivity contribution in [3.63, 3.8) is 0 Å². The molecule has 1 aliphatic rings. The number of rotatable bonds is 6. The zero-order valence-electron chi connectivity index (χ0n) is 14.1. The number of carbonyl (C=O) groups is 2. The smallest absolute Gasteiger partial charge is 0.233 e. The van der Waals surface area contributed by atoms with E-state index < -0.39 is 6.04 Å². The quantitative estimate of drug-likeness (QED) is 0.851. The SMILES string of the molecule is CC1OCC(=O)C1NC(=O)C(CC(C)(C)C)SCc1cccs1. The van der Waals surface area contributed by atoms with Crippen LogP contribution in [0.3, 0.4) is 0 Å². The van der Waals surface area contributed by atoms with Gasteiger partial charge in [-0.25, -0.2) is 0 Å². The van der Waals surface area contributed by atoms with Crippen LogP contribution in [0.2, 0.25) is 0 Å². The number of carbonyl (C=O) groups excluding carboxylic acids is 2. The summed E-state index contributed by atoms with van der Waals surface area (Å²) in [6, 6.07) is 3.60. The average Bonchev–Trinajstić information content (AvgIpc) is 3.07. The number of Topliss-reactive ketones (excluding diaryl/α,β-unsaturated/α-hetero) is 1. The van der Waals surface area contributed by atoms with E-state index in [9.17, 15) is 9.59 Å². The molecule has 3 unspecified atom stereocenters. The molecule has 2 rings (SSSR count). The maximum Gasteiger partial charge on any atom is 0.233 e. The fourth-order valence-electron chi connectivity index (χ4n) is 2.47. The molecule has 0 bridgehead atoms. The Morgan fingerprint density at radius 3 is 2.78 bits per heavy atom. The monoisotopic (exact) mass is 355 g/mol. The second-order valence-electron chi connectivity index (χ2n) is 7.11. The highest BCUT2D eigenvalue weighted by atomic mass is 32.2. The van der Waals surface area contributed by atoms with Crippen molar-refractivity contribution in [1.82, 2.24) is 5.32 Å². The molecule has 0 spiro atoms. The summed E-state index contributed by atoms with van der Waals surface area (Å²) >= 11 is 3.35. The van der Waals surface area contributed by atoms with Gasteiger partial charge in [0, 0.05) is 10.6 Å². The third kappa shape index (κ3) is 5.62. The molecule has 0 saturated carbocycles. The molecule has 0 radical (unpaired) electrons. The minimum Gasteiger partial charge on any atom is -0.368 e. The third-order valence-electron chi connectivity index (χ3n) is 3.70. The predicted octanol–water partition coefficient (Wildman–Crippen LogP) is 3.26. The van der Waals surface area contributed by atoms with E-state index in [1.807, 2.05) is 18.4 Å². The molecule has 23 heavy (non-hydrogen) atoms. The van der Waals surface area contributed by atoms with Gasteiger partial charge in [-0.3, -0.25) is 9.59 Å². The van der Waals surface area contributed by atoms with Crippen LogP contribution in [-0.2, 0) is 20.1 Å². The first-order valence-corrected chi connectivity index (χ1v) is 9.78. The van der Waals surface area contributed by atoms with E-state index in [2.05, 4.69) is 32.2 Å². The second kappa shape index (κ2) is 7.81. The number of nitrogens with one attached hydrogen (secondary N) is 1. The van der Waals surface area contributed by atoms with Gasteiger partial charge in [0.25, 0.3) is 0 Å². The van der Waals surface area contributed by atoms with Crippen LogP contribution in [0.4, 0.5) is 0 Å². The van der Waals surface area contributed by atoms with E-state index in [1.54, 1.807) is 23.1 Å². The highest BCUT2D eigenvalue weighted by Crippen LogP contribution is 2.31. The number of thioether (sulfide) groups is 1. The van der Waals surface area contributed by atoms with Crippen molar-refractivity contribution in [2.24, 2.45) is 5.41 Å². The Morgan fingerprint density at radius 1 is 1.52 bits per heavy atom. The Hall–Kier alpha value is -0.850. The molecule has 0 aromatic carbocycles. The van der Waals surface area contributed by atoms with Crippen LogP contribution in [-0.4, -0.2) is 35.7 Å². The van der Waals surface area contributed by atoms with Gasteiger partial charge in [0.05, 0.1) is 11.4 Å². The van der Waals surface area contributed by atoms with E-state index in [0.717, 1.165) is 12.2 Å². The molecular formula is C17H25NO3S2. The molecular weight excluding hydrogens is 330 g/mol. The summed E-state index contributed by atoms with van der Waals surface area (Å²) in [5.41, 5.74) is 0.0479. The summed E-state index contributed by atoms with van der Waals surface area (Å²) in [7, 11) is 0. The number of amides is 1. The van der Waals surface area contributed by atoms with Gasteiger partial charge in [0.1, 0.15) is 12.6 Å². The highest BCUT2D eigenvalue weighted by Gasteiger charge is 2.36. The molecule has 2 heterocycles. The van der Waals surface area contributed by atoms with Gasteiger partial charge in [-0.2, -0.15) is 0 Å². The Bertz CT molecular complexity index is 537. The Morgan fingerprint density at radius 2 is 2.26 bits per heavy atom. The number of thiophene rings is 1. The van der Waals surface area contributed by atoms with Crippen molar-refractivity contribution in [2.45, 2.75) is 57.3 Å². The predicted molar refractivity (Wildman–Crippen MR) is 95.8 cm³/mol. The molecule has 1 fully saturated rings. The topological polar surface area (TPSA) is 55.4 Å². The van der Waals surface area contributed by atoms with E-state index in [-0.39, 0.29) is 35.1 Å². The van der Waals surface area contributed by atoms with Gasteiger partial charge in [-0.15, -0.1) is 23.1 Å². The minimum atomic E-state index is -0.507. The van der Waals surface area contributed by atoms with E-state index in [0.29, 0.717) is 0 Å². The molecule has 6 heteroatoms. The van der Waals surface area contributed by atoms with E-state index in [4.69, 9.17) is 4.74 Å². The Kier molecular flexibility index (Phi) is 6.28. The molecule has 3 atom stereocenters. The van der Waals surface area contributed by atoms with Crippen LogP contribution in [0.25, 0.3) is 0 Å². The zero-order valence-corrected chi connectivity index (χ0v) is 15.8. The zero-order chi connectivity index (χ0) is 17.0. The number of ether oxygens (including phenoxy) is 1. The van der Waals surface area contributed by atoms with Gasteiger partial charge in [-0.1, -0.05) is 26.8 Å². The average molecular weight is 356 g/mol. The Labute approximate surface area is 146 Å². The first-order valence-electron chi connectivity index (χ1n) is 7.85. The maximum absolute atomic E-state index is 12.7. The minimum absolute atomic E-state index is 0.0383. The molecule has 1 amide bonds. The molecule has 4 nitrogen and oxygen atoms in total. The van der Waals surface area contributed by atoms with Gasteiger partial charge in [0.2, 0.25) is 5.91 Å². The first-order chi connectivity index (χ1) is 10.8. The van der Waals surface area contributed by atoms with Gasteiger partial charge < -0.3 is 10.1 Å². The highest BCUT2D eigenvalue weighted by molar-refractivity contribution is 7.99. The van der Waals surface area contributed by atoms with Crippen molar-refractivity contribution < 1.29 is 14.3 Å². The molecule has 1 saturated heterocycles. The summed E-state index contributed by atoms with van der Waals surface area (Å²) in [6.07, 6.45) is 0.523. The maximum atomic E-state index is 12.7. The van der Waals surface area contributed by atoms with Crippen molar-refractivity contribution in [2.75, 3.05) is 6.61 Å². The van der Waals surface area contributed by atoms with Gasteiger partial charge in [0.15, 0.2) is 5.78 Å². The van der Waals surface area contributed by atoms with Crippen LogP contribution >= 0.6 is 23.1 Å². The lowest BCUT2D eigenvalue weighted by Gasteiger charge is -2.26. The largest absolute Gasteiger partial charge is 0.368 e. The van der Waals surface area contributed by atoms with Crippen molar-refractivity contribution >= 4 is 34.8 Å². The number of ketones is 1. The van der Waals surface area contributed by atoms with Crippen LogP contribution in [0.1, 0.15) is 39.0 Å². The molecule has 1 aromatic heterocycles. The molecule has 128 valence electrons. The summed E-state index contributed by atoms with van der Waals surface area (Å²) in [5, 5.41) is 4.78. The third-order valence-corrected chi connectivity index (χ3v) is 6.02. The van der Waals surface area contributed by atoms with Crippen molar-refractivity contribution in [3.8, 4) is 0 Å². The van der Waals surface area contributed by atoms with Crippen LogP contribution in [0.15, 0.2) is 17.5 Å². The number of hydrogen-bond acceptors (Lipinski definition) is 5. The van der Waals surface area contributed by atoms with Gasteiger partial charge in [-0.05, 0) is 30.2 Å². The van der Waals surface area contributed by atoms with Crippen molar-refractivity contribution in [1.29, 1.82) is 0 Å². The molecule has 1 aliphatic heterocycles. The van der Waals surface area contributed by atoms with Crippen LogP contribution in [0, 0.1) is 5.41 Å². The molecule has 1 N–H and O–H groups in total. The molecule has 1 aromatic rings. The summed E-state index contributed by atoms with van der Waals surface area (Å²) < 4.78 is 5.31. The summed E-state index contributed by atoms with van der Waals surface area (Å²) in [5.74, 6) is 0.719. The lowest BCUT2D eigenvalue weighted by Crippen LogP contribution is -2.47. The first kappa shape index (κ1) is 18.5. The van der Waals surface area contributed by atoms with Gasteiger partial charge >= 0.3 is 0 Å². The van der Waals surface area contributed by atoms with E-state index >= 15 is 0 Å². The number of hydrogen-bond donors (Lipinski definition) is 1. The fourth-order valence-corrected chi connectivity index (χ4v) is 4.73. The van der Waals surface area contributed by atoms with E-state index in [1.165, 1.54) is 4.88 Å². The lowest BCUT2D eigenvalue weighted by molar-refractivity contribution is -0.126. The Balaban J connectivity index is 1.99. The normalized spacial score (nSPS) is 23.0. The second-order valence-corrected chi connectivity index (χ2v) is 9.34. The van der Waals surface area contributed by atoms with Crippen molar-refractivity contribution in [3.05, 3.63) is 22.4 Å².